The number of primary amides is 1. The molecule has 0 aromatic heterocycles. The number of nitrogens with two attached hydrogens (primary N) is 1. The Morgan fingerprint density at radius 3 is 2.26 bits per heavy atom. The smallest absolute Gasteiger partial charge is 0.248 e. The molecule has 0 radical (unpaired) electrons. The molecule has 0 bridgehead atoms. The van der Waals surface area contributed by atoms with E-state index in [0.717, 1.165) is 32.7 Å². The summed E-state index contributed by atoms with van der Waals surface area (Å²) in [6.07, 6.45) is 0. The Morgan fingerprint density at radius 1 is 1.00 bits per heavy atom. The van der Waals surface area contributed by atoms with Crippen molar-refractivity contribution >= 4 is 11.6 Å². The Bertz CT molecular complexity index is 673. The number of benzene rings is 2. The number of hydrogen-bond donors (Lipinski definition) is 1. The lowest BCUT2D eigenvalue weighted by molar-refractivity contribution is 0.100. The summed E-state index contributed by atoms with van der Waals surface area (Å²) in [4.78, 5) is 16.0. The highest BCUT2D eigenvalue weighted by molar-refractivity contribution is 5.92. The number of rotatable bonds is 4. The number of carbonyl (C=O) groups excluding carboxylic acids is 1. The van der Waals surface area contributed by atoms with Gasteiger partial charge in [0.25, 0.3) is 0 Å². The first kappa shape index (κ1) is 15.6. The van der Waals surface area contributed by atoms with Crippen molar-refractivity contribution in [2.45, 2.75) is 13.5 Å². The predicted molar refractivity (Wildman–Crippen MR) is 93.6 cm³/mol. The van der Waals surface area contributed by atoms with E-state index in [1.54, 1.807) is 12.1 Å². The van der Waals surface area contributed by atoms with Crippen LogP contribution < -0.4 is 10.6 Å². The van der Waals surface area contributed by atoms with Gasteiger partial charge < -0.3 is 10.6 Å². The first-order valence-corrected chi connectivity index (χ1v) is 8.05. The Kier molecular flexibility index (Phi) is 4.63. The number of piperazine rings is 1. The van der Waals surface area contributed by atoms with Crippen LogP contribution in [-0.2, 0) is 6.54 Å². The highest BCUT2D eigenvalue weighted by atomic mass is 16.1. The summed E-state index contributed by atoms with van der Waals surface area (Å²) in [6.45, 7) is 7.27. The zero-order valence-corrected chi connectivity index (χ0v) is 13.5. The summed E-state index contributed by atoms with van der Waals surface area (Å²) in [5.41, 5.74) is 9.75. The van der Waals surface area contributed by atoms with E-state index in [-0.39, 0.29) is 5.91 Å². The normalized spacial score (nSPS) is 15.6. The lowest BCUT2D eigenvalue weighted by Crippen LogP contribution is -2.46. The van der Waals surface area contributed by atoms with Gasteiger partial charge in [0.1, 0.15) is 0 Å². The Hall–Kier alpha value is -2.33. The molecule has 0 spiro atoms. The molecule has 1 fully saturated rings. The second kappa shape index (κ2) is 6.84. The summed E-state index contributed by atoms with van der Waals surface area (Å²) < 4.78 is 0. The van der Waals surface area contributed by atoms with E-state index in [0.29, 0.717) is 5.56 Å². The van der Waals surface area contributed by atoms with E-state index >= 15 is 0 Å². The second-order valence-electron chi connectivity index (χ2n) is 6.11. The van der Waals surface area contributed by atoms with Gasteiger partial charge in [-0.25, -0.2) is 0 Å². The van der Waals surface area contributed by atoms with Crippen LogP contribution in [0.15, 0.2) is 48.5 Å². The molecule has 1 amide bonds. The van der Waals surface area contributed by atoms with Crippen molar-refractivity contribution in [2.75, 3.05) is 31.1 Å². The molecule has 0 atom stereocenters. The molecule has 3 rings (SSSR count). The lowest BCUT2D eigenvalue weighted by atomic mass is 10.1. The Balaban J connectivity index is 1.57. The van der Waals surface area contributed by atoms with Gasteiger partial charge in [0.15, 0.2) is 0 Å². The molecule has 0 aliphatic carbocycles. The minimum atomic E-state index is -0.372. The van der Waals surface area contributed by atoms with E-state index < -0.39 is 0 Å². The van der Waals surface area contributed by atoms with Gasteiger partial charge in [0, 0.05) is 44.0 Å². The van der Waals surface area contributed by atoms with Crippen molar-refractivity contribution in [1.29, 1.82) is 0 Å². The maximum absolute atomic E-state index is 11.1. The monoisotopic (exact) mass is 309 g/mol. The molecule has 2 aromatic carbocycles. The van der Waals surface area contributed by atoms with Gasteiger partial charge in [-0.05, 0) is 36.2 Å². The second-order valence-corrected chi connectivity index (χ2v) is 6.11. The average Bonchev–Trinajstić information content (AvgIpc) is 2.57. The summed E-state index contributed by atoms with van der Waals surface area (Å²) in [6, 6.07) is 16.2. The summed E-state index contributed by atoms with van der Waals surface area (Å²) >= 11 is 0. The van der Waals surface area contributed by atoms with E-state index in [1.165, 1.54) is 16.8 Å². The van der Waals surface area contributed by atoms with Crippen LogP contribution in [0.3, 0.4) is 0 Å². The Labute approximate surface area is 137 Å². The fraction of sp³-hybridized carbons (Fsp3) is 0.316. The topological polar surface area (TPSA) is 49.6 Å². The minimum Gasteiger partial charge on any atom is -0.369 e. The molecule has 0 unspecified atom stereocenters. The van der Waals surface area contributed by atoms with Crippen molar-refractivity contribution < 1.29 is 4.79 Å². The van der Waals surface area contributed by atoms with Crippen LogP contribution in [0.1, 0.15) is 21.5 Å². The van der Waals surface area contributed by atoms with Crippen LogP contribution in [-0.4, -0.2) is 37.0 Å². The molecule has 0 saturated carbocycles. The minimum absolute atomic E-state index is 0.372. The van der Waals surface area contributed by atoms with Crippen molar-refractivity contribution in [3.63, 3.8) is 0 Å². The molecule has 23 heavy (non-hydrogen) atoms. The molecule has 4 nitrogen and oxygen atoms in total. The van der Waals surface area contributed by atoms with Gasteiger partial charge >= 0.3 is 0 Å². The third-order valence-corrected chi connectivity index (χ3v) is 4.47. The summed E-state index contributed by atoms with van der Waals surface area (Å²) in [5, 5.41) is 0. The number of anilines is 1. The molecule has 1 saturated heterocycles. The molecular formula is C19H23N3O. The summed E-state index contributed by atoms with van der Waals surface area (Å²) in [5.74, 6) is -0.372. The van der Waals surface area contributed by atoms with Gasteiger partial charge in [-0.15, -0.1) is 0 Å². The zero-order valence-electron chi connectivity index (χ0n) is 13.5. The number of nitrogens with zero attached hydrogens (tertiary/aromatic N) is 2. The molecule has 2 aromatic rings. The zero-order chi connectivity index (χ0) is 16.2. The maximum atomic E-state index is 11.1. The highest BCUT2D eigenvalue weighted by Gasteiger charge is 2.18. The Morgan fingerprint density at radius 2 is 1.65 bits per heavy atom. The molecule has 1 heterocycles. The molecular weight excluding hydrogens is 286 g/mol. The van der Waals surface area contributed by atoms with E-state index in [1.807, 2.05) is 12.1 Å². The van der Waals surface area contributed by atoms with Gasteiger partial charge in [-0.3, -0.25) is 9.69 Å². The number of para-hydroxylation sites is 1. The maximum Gasteiger partial charge on any atom is 0.248 e. The molecule has 4 heteroatoms. The van der Waals surface area contributed by atoms with Crippen LogP contribution in [0.2, 0.25) is 0 Å². The quantitative estimate of drug-likeness (QED) is 0.943. The fourth-order valence-electron chi connectivity index (χ4n) is 3.10. The van der Waals surface area contributed by atoms with E-state index in [4.69, 9.17) is 5.73 Å². The van der Waals surface area contributed by atoms with E-state index in [2.05, 4.69) is 41.0 Å². The number of aryl methyl sites for hydroxylation is 1. The molecule has 120 valence electrons. The van der Waals surface area contributed by atoms with Crippen LogP contribution in [0.4, 0.5) is 5.69 Å². The van der Waals surface area contributed by atoms with Gasteiger partial charge in [0.2, 0.25) is 5.91 Å². The average molecular weight is 309 g/mol. The highest BCUT2D eigenvalue weighted by Crippen LogP contribution is 2.21. The first-order valence-electron chi connectivity index (χ1n) is 8.05. The van der Waals surface area contributed by atoms with Crippen LogP contribution >= 0.6 is 0 Å². The van der Waals surface area contributed by atoms with Crippen LogP contribution in [0, 0.1) is 6.92 Å². The van der Waals surface area contributed by atoms with Crippen molar-refractivity contribution in [3.05, 3.63) is 65.2 Å². The SMILES string of the molecule is Cc1ccccc1N1CCN(Cc2ccc(C(N)=O)cc2)CC1. The van der Waals surface area contributed by atoms with Gasteiger partial charge in [-0.2, -0.15) is 0 Å². The summed E-state index contributed by atoms with van der Waals surface area (Å²) in [7, 11) is 0. The van der Waals surface area contributed by atoms with Crippen LogP contribution in [0.25, 0.3) is 0 Å². The van der Waals surface area contributed by atoms with Crippen LogP contribution in [0.5, 0.6) is 0 Å². The number of hydrogen-bond acceptors (Lipinski definition) is 3. The van der Waals surface area contributed by atoms with E-state index in [9.17, 15) is 4.79 Å². The third kappa shape index (κ3) is 3.71. The number of amides is 1. The fourth-order valence-corrected chi connectivity index (χ4v) is 3.10. The first-order chi connectivity index (χ1) is 11.1. The third-order valence-electron chi connectivity index (χ3n) is 4.47. The lowest BCUT2D eigenvalue weighted by Gasteiger charge is -2.36. The van der Waals surface area contributed by atoms with Gasteiger partial charge in [0.05, 0.1) is 0 Å². The predicted octanol–water partition coefficient (Wildman–Crippen LogP) is 2.42. The largest absolute Gasteiger partial charge is 0.369 e. The molecule has 2 N–H and O–H groups in total. The van der Waals surface area contributed by atoms with Crippen molar-refractivity contribution in [1.82, 2.24) is 4.90 Å². The van der Waals surface area contributed by atoms with Gasteiger partial charge in [-0.1, -0.05) is 30.3 Å². The molecule has 1 aliphatic heterocycles. The molecule has 1 aliphatic rings. The standard InChI is InChI=1S/C19H23N3O/c1-15-4-2-3-5-18(15)22-12-10-21(11-13-22)14-16-6-8-17(9-7-16)19(20)23/h2-9H,10-14H2,1H3,(H2,20,23). The number of carbonyl (C=O) groups is 1. The van der Waals surface area contributed by atoms with Crippen molar-refractivity contribution in [3.8, 4) is 0 Å². The van der Waals surface area contributed by atoms with Crippen molar-refractivity contribution in [2.24, 2.45) is 5.73 Å².